The van der Waals surface area contributed by atoms with Crippen LogP contribution in [0.5, 0.6) is 5.75 Å². The summed E-state index contributed by atoms with van der Waals surface area (Å²) in [5.74, 6) is 0.458. The van der Waals surface area contributed by atoms with Crippen LogP contribution in [0, 0.1) is 6.92 Å². The Bertz CT molecular complexity index is 1190. The normalized spacial score (nSPS) is 11.0. The number of ketones is 1. The van der Waals surface area contributed by atoms with Crippen molar-refractivity contribution in [3.8, 4) is 16.5 Å². The Morgan fingerprint density at radius 3 is 2.67 bits per heavy atom. The van der Waals surface area contributed by atoms with Crippen LogP contribution in [-0.2, 0) is 0 Å². The minimum atomic E-state index is -0.151. The molecule has 0 aliphatic carbocycles. The lowest BCUT2D eigenvalue weighted by atomic mass is 10.0. The number of nitrogens with one attached hydrogen (secondary N) is 2. The number of phenolic OH excluding ortho intramolecular Hbond substituents is 1. The SMILES string of the molecule is Cc1ccc(C(=O)NCCCC(=O)c2ccc(O)c3[nH]c(-c4cccs4)nc23)cc1. The molecule has 0 atom stereocenters. The molecule has 2 aromatic carbocycles. The topological polar surface area (TPSA) is 95.1 Å². The summed E-state index contributed by atoms with van der Waals surface area (Å²) in [6.07, 6.45) is 0.788. The fourth-order valence-corrected chi connectivity index (χ4v) is 3.89. The molecule has 0 saturated heterocycles. The van der Waals surface area contributed by atoms with E-state index in [4.69, 9.17) is 0 Å². The fraction of sp³-hybridized carbons (Fsp3) is 0.174. The number of fused-ring (bicyclic) bond motifs is 1. The van der Waals surface area contributed by atoms with E-state index >= 15 is 0 Å². The number of hydrogen-bond donors (Lipinski definition) is 3. The van der Waals surface area contributed by atoms with Crippen molar-refractivity contribution < 1.29 is 14.7 Å². The van der Waals surface area contributed by atoms with Gasteiger partial charge in [-0.15, -0.1) is 11.3 Å². The number of aromatic hydroxyl groups is 1. The average Bonchev–Trinajstić information content (AvgIpc) is 3.42. The van der Waals surface area contributed by atoms with Crippen LogP contribution in [0.2, 0.25) is 0 Å². The number of carbonyl (C=O) groups is 2. The first-order chi connectivity index (χ1) is 14.5. The van der Waals surface area contributed by atoms with E-state index in [2.05, 4.69) is 15.3 Å². The maximum atomic E-state index is 12.8. The van der Waals surface area contributed by atoms with E-state index in [-0.39, 0.29) is 23.9 Å². The van der Waals surface area contributed by atoms with Crippen LogP contribution in [0.15, 0.2) is 53.9 Å². The number of thiophene rings is 1. The van der Waals surface area contributed by atoms with Gasteiger partial charge in [-0.05, 0) is 49.1 Å². The van der Waals surface area contributed by atoms with Gasteiger partial charge in [-0.3, -0.25) is 9.59 Å². The molecule has 0 spiro atoms. The third-order valence-corrected chi connectivity index (χ3v) is 5.73. The Kier molecular flexibility index (Phi) is 5.63. The molecular formula is C23H21N3O3S. The van der Waals surface area contributed by atoms with Gasteiger partial charge in [-0.2, -0.15) is 0 Å². The Balaban J connectivity index is 1.41. The Morgan fingerprint density at radius 2 is 1.93 bits per heavy atom. The molecule has 4 aromatic rings. The predicted octanol–water partition coefficient (Wildman–Crippen LogP) is 4.70. The van der Waals surface area contributed by atoms with Gasteiger partial charge in [0.25, 0.3) is 5.91 Å². The van der Waals surface area contributed by atoms with Crippen LogP contribution >= 0.6 is 11.3 Å². The molecule has 6 nitrogen and oxygen atoms in total. The highest BCUT2D eigenvalue weighted by Crippen LogP contribution is 2.31. The molecule has 152 valence electrons. The van der Waals surface area contributed by atoms with Crippen LogP contribution in [0.1, 0.15) is 39.1 Å². The average molecular weight is 420 g/mol. The van der Waals surface area contributed by atoms with E-state index in [1.807, 2.05) is 36.6 Å². The van der Waals surface area contributed by atoms with Gasteiger partial charge in [0.1, 0.15) is 22.6 Å². The molecule has 2 heterocycles. The van der Waals surface area contributed by atoms with Gasteiger partial charge in [0, 0.05) is 24.1 Å². The third-order valence-electron chi connectivity index (χ3n) is 4.86. The number of nitrogens with zero attached hydrogens (tertiary/aromatic N) is 1. The van der Waals surface area contributed by atoms with Gasteiger partial charge in [0.05, 0.1) is 4.88 Å². The number of carbonyl (C=O) groups excluding carboxylic acids is 2. The van der Waals surface area contributed by atoms with Crippen molar-refractivity contribution >= 4 is 34.1 Å². The second kappa shape index (κ2) is 8.51. The monoisotopic (exact) mass is 419 g/mol. The molecule has 0 bridgehead atoms. The molecule has 0 aliphatic heterocycles. The second-order valence-electron chi connectivity index (χ2n) is 7.07. The van der Waals surface area contributed by atoms with Crippen LogP contribution in [0.4, 0.5) is 0 Å². The van der Waals surface area contributed by atoms with Crippen LogP contribution in [0.3, 0.4) is 0 Å². The molecule has 0 saturated carbocycles. The number of Topliss-reactive ketones (excluding diaryl/α,β-unsaturated/α-hetero) is 1. The highest BCUT2D eigenvalue weighted by atomic mass is 32.1. The van der Waals surface area contributed by atoms with E-state index in [0.29, 0.717) is 41.0 Å². The molecule has 3 N–H and O–H groups in total. The molecule has 0 aliphatic rings. The first-order valence-electron chi connectivity index (χ1n) is 9.66. The van der Waals surface area contributed by atoms with E-state index in [9.17, 15) is 14.7 Å². The number of aromatic nitrogens is 2. The zero-order chi connectivity index (χ0) is 21.1. The van der Waals surface area contributed by atoms with Crippen molar-refractivity contribution in [2.75, 3.05) is 6.54 Å². The number of H-pyrrole nitrogens is 1. The van der Waals surface area contributed by atoms with Crippen LogP contribution in [0.25, 0.3) is 21.7 Å². The largest absolute Gasteiger partial charge is 0.506 e. The molecule has 7 heteroatoms. The predicted molar refractivity (Wildman–Crippen MR) is 118 cm³/mol. The summed E-state index contributed by atoms with van der Waals surface area (Å²) < 4.78 is 0. The standard InChI is InChI=1S/C23H21N3O3S/c1-14-6-8-15(9-7-14)23(29)24-12-2-4-17(27)16-10-11-18(28)21-20(16)25-22(26-21)19-5-3-13-30-19/h3,5-11,13,28H,2,4,12H2,1H3,(H,24,29)(H,25,26). The molecule has 30 heavy (non-hydrogen) atoms. The first-order valence-corrected chi connectivity index (χ1v) is 10.5. The molecule has 2 aromatic heterocycles. The van der Waals surface area contributed by atoms with Crippen LogP contribution in [-0.4, -0.2) is 33.3 Å². The fourth-order valence-electron chi connectivity index (χ4n) is 3.23. The summed E-state index contributed by atoms with van der Waals surface area (Å²) >= 11 is 1.53. The maximum Gasteiger partial charge on any atom is 0.251 e. The summed E-state index contributed by atoms with van der Waals surface area (Å²) in [6.45, 7) is 2.37. The van der Waals surface area contributed by atoms with Gasteiger partial charge in [0.15, 0.2) is 5.78 Å². The first kappa shape index (κ1) is 19.8. The highest BCUT2D eigenvalue weighted by Gasteiger charge is 2.17. The van der Waals surface area contributed by atoms with Crippen LogP contribution < -0.4 is 5.32 Å². The zero-order valence-corrected chi connectivity index (χ0v) is 17.3. The maximum absolute atomic E-state index is 12.8. The Morgan fingerprint density at radius 1 is 1.13 bits per heavy atom. The number of imidazole rings is 1. The molecule has 1 amide bonds. The van der Waals surface area contributed by atoms with Gasteiger partial charge >= 0.3 is 0 Å². The van der Waals surface area contributed by atoms with Crippen molar-refractivity contribution in [2.24, 2.45) is 0 Å². The minimum Gasteiger partial charge on any atom is -0.506 e. The zero-order valence-electron chi connectivity index (χ0n) is 16.4. The van der Waals surface area contributed by atoms with Crippen molar-refractivity contribution in [1.29, 1.82) is 0 Å². The lowest BCUT2D eigenvalue weighted by molar-refractivity contribution is 0.0938. The Labute approximate surface area is 177 Å². The van der Waals surface area contributed by atoms with E-state index in [0.717, 1.165) is 10.4 Å². The van der Waals surface area contributed by atoms with Crippen molar-refractivity contribution in [3.63, 3.8) is 0 Å². The van der Waals surface area contributed by atoms with Crippen molar-refractivity contribution in [2.45, 2.75) is 19.8 Å². The third kappa shape index (κ3) is 4.11. The summed E-state index contributed by atoms with van der Waals surface area (Å²) in [6, 6.07) is 14.3. The van der Waals surface area contributed by atoms with E-state index in [1.54, 1.807) is 18.2 Å². The summed E-state index contributed by atoms with van der Waals surface area (Å²) in [4.78, 5) is 33.5. The quantitative estimate of drug-likeness (QED) is 0.299. The molecule has 0 radical (unpaired) electrons. The summed E-state index contributed by atoms with van der Waals surface area (Å²) in [5.41, 5.74) is 3.08. The number of hydrogen-bond acceptors (Lipinski definition) is 5. The second-order valence-corrected chi connectivity index (χ2v) is 8.01. The number of phenols is 1. The van der Waals surface area contributed by atoms with Gasteiger partial charge < -0.3 is 15.4 Å². The van der Waals surface area contributed by atoms with Crippen molar-refractivity contribution in [1.82, 2.24) is 15.3 Å². The number of benzene rings is 2. The Hall–Kier alpha value is -3.45. The number of aryl methyl sites for hydroxylation is 1. The number of amides is 1. The molecule has 0 unspecified atom stereocenters. The lowest BCUT2D eigenvalue weighted by Gasteiger charge is -2.06. The number of rotatable bonds is 7. The molecule has 4 rings (SSSR count). The molecule has 0 fully saturated rings. The van der Waals surface area contributed by atoms with E-state index < -0.39 is 0 Å². The summed E-state index contributed by atoms with van der Waals surface area (Å²) in [5, 5.41) is 14.9. The summed E-state index contributed by atoms with van der Waals surface area (Å²) in [7, 11) is 0. The van der Waals surface area contributed by atoms with Gasteiger partial charge in [-0.25, -0.2) is 4.98 Å². The highest BCUT2D eigenvalue weighted by molar-refractivity contribution is 7.13. The number of aromatic amines is 1. The van der Waals surface area contributed by atoms with Gasteiger partial charge in [-0.1, -0.05) is 23.8 Å². The molecular weight excluding hydrogens is 398 g/mol. The lowest BCUT2D eigenvalue weighted by Crippen LogP contribution is -2.24. The van der Waals surface area contributed by atoms with Gasteiger partial charge in [0.2, 0.25) is 0 Å². The van der Waals surface area contributed by atoms with Crippen molar-refractivity contribution in [3.05, 3.63) is 70.6 Å². The van der Waals surface area contributed by atoms with E-state index in [1.165, 1.54) is 17.4 Å². The minimum absolute atomic E-state index is 0.0576. The smallest absolute Gasteiger partial charge is 0.251 e.